The molecule has 0 spiro atoms. The zero-order chi connectivity index (χ0) is 10.3. The topological polar surface area (TPSA) is 89.1 Å². The van der Waals surface area contributed by atoms with Crippen LogP contribution >= 0.6 is 0 Å². The van der Waals surface area contributed by atoms with E-state index in [0.29, 0.717) is 5.56 Å². The molecule has 2 rings (SSSR count). The van der Waals surface area contributed by atoms with Crippen molar-refractivity contribution in [2.24, 2.45) is 0 Å². The quantitative estimate of drug-likeness (QED) is 0.547. The maximum atomic E-state index is 10.8. The van der Waals surface area contributed by atoms with E-state index >= 15 is 0 Å². The Kier molecular flexibility index (Phi) is 1.63. The molecule has 0 saturated carbocycles. The number of nitro benzene ring substituents is 1. The molecule has 6 nitrogen and oxygen atoms in total. The van der Waals surface area contributed by atoms with Crippen LogP contribution in [0, 0.1) is 17.0 Å². The average molecular weight is 194 g/mol. The standard InChI is InChI=1S/C8H6N2O4/c1-4-2-3-5-6(7(4)10(12)13)9-8(11)14-5/h2-3H,1H3,(H,9,11). The van der Waals surface area contributed by atoms with Gasteiger partial charge in [0.1, 0.15) is 0 Å². The van der Waals surface area contributed by atoms with Crippen molar-refractivity contribution in [3.63, 3.8) is 0 Å². The number of nitro groups is 1. The monoisotopic (exact) mass is 194 g/mol. The number of oxazole rings is 1. The van der Waals surface area contributed by atoms with E-state index in [9.17, 15) is 14.9 Å². The highest BCUT2D eigenvalue weighted by Gasteiger charge is 2.18. The Labute approximate surface area is 77.3 Å². The molecule has 0 atom stereocenters. The van der Waals surface area contributed by atoms with Crippen LogP contribution in [0.3, 0.4) is 0 Å². The Bertz CT molecular complexity index is 566. The number of H-pyrrole nitrogens is 1. The zero-order valence-corrected chi connectivity index (χ0v) is 7.23. The number of aryl methyl sites for hydroxylation is 1. The second kappa shape index (κ2) is 2.69. The lowest BCUT2D eigenvalue weighted by Gasteiger charge is -1.95. The fourth-order valence-electron chi connectivity index (χ4n) is 1.35. The molecule has 1 heterocycles. The largest absolute Gasteiger partial charge is 0.417 e. The Balaban J connectivity index is 2.95. The molecule has 0 aliphatic carbocycles. The van der Waals surface area contributed by atoms with E-state index < -0.39 is 10.7 Å². The van der Waals surface area contributed by atoms with Crippen molar-refractivity contribution in [1.29, 1.82) is 0 Å². The molecular weight excluding hydrogens is 188 g/mol. The third kappa shape index (κ3) is 1.08. The van der Waals surface area contributed by atoms with E-state index in [2.05, 4.69) is 4.98 Å². The SMILES string of the molecule is Cc1ccc2oc(=O)[nH]c2c1[N+](=O)[O-]. The first-order valence-corrected chi connectivity index (χ1v) is 3.86. The maximum Gasteiger partial charge on any atom is 0.417 e. The van der Waals surface area contributed by atoms with Gasteiger partial charge in [0.05, 0.1) is 4.92 Å². The summed E-state index contributed by atoms with van der Waals surface area (Å²) >= 11 is 0. The van der Waals surface area contributed by atoms with Crippen LogP contribution in [0.4, 0.5) is 5.69 Å². The van der Waals surface area contributed by atoms with Crippen LogP contribution in [0.1, 0.15) is 5.56 Å². The molecule has 72 valence electrons. The third-order valence-corrected chi connectivity index (χ3v) is 1.95. The predicted octanol–water partition coefficient (Wildman–Crippen LogP) is 1.34. The molecule has 0 fully saturated rings. The van der Waals surface area contributed by atoms with Crippen LogP contribution in [0.15, 0.2) is 21.3 Å². The van der Waals surface area contributed by atoms with Gasteiger partial charge in [0.25, 0.3) is 5.69 Å². The van der Waals surface area contributed by atoms with E-state index in [1.165, 1.54) is 12.1 Å². The molecular formula is C8H6N2O4. The highest BCUT2D eigenvalue weighted by molar-refractivity contribution is 5.84. The molecule has 1 aromatic carbocycles. The van der Waals surface area contributed by atoms with Crippen LogP contribution in [-0.4, -0.2) is 9.91 Å². The first-order chi connectivity index (χ1) is 6.59. The molecule has 2 aromatic rings. The van der Waals surface area contributed by atoms with Gasteiger partial charge >= 0.3 is 5.76 Å². The van der Waals surface area contributed by atoms with E-state index in [1.54, 1.807) is 6.92 Å². The number of nitrogens with zero attached hydrogens (tertiary/aromatic N) is 1. The van der Waals surface area contributed by atoms with Crippen molar-refractivity contribution in [2.45, 2.75) is 6.92 Å². The molecule has 0 amide bonds. The van der Waals surface area contributed by atoms with E-state index in [1.807, 2.05) is 0 Å². The van der Waals surface area contributed by atoms with Gasteiger partial charge in [-0.25, -0.2) is 4.79 Å². The van der Waals surface area contributed by atoms with Crippen molar-refractivity contribution < 1.29 is 9.34 Å². The van der Waals surface area contributed by atoms with E-state index in [4.69, 9.17) is 4.42 Å². The number of fused-ring (bicyclic) bond motifs is 1. The van der Waals surface area contributed by atoms with Crippen molar-refractivity contribution in [3.05, 3.63) is 38.4 Å². The van der Waals surface area contributed by atoms with Crippen molar-refractivity contribution >= 4 is 16.8 Å². The Morgan fingerprint density at radius 3 is 2.86 bits per heavy atom. The molecule has 1 aromatic heterocycles. The van der Waals surface area contributed by atoms with Crippen LogP contribution in [0.2, 0.25) is 0 Å². The lowest BCUT2D eigenvalue weighted by molar-refractivity contribution is -0.383. The number of aromatic amines is 1. The summed E-state index contributed by atoms with van der Waals surface area (Å²) in [6.07, 6.45) is 0. The second-order valence-corrected chi connectivity index (χ2v) is 2.88. The number of hydrogen-bond donors (Lipinski definition) is 1. The van der Waals surface area contributed by atoms with Gasteiger partial charge < -0.3 is 4.42 Å². The smallest absolute Gasteiger partial charge is 0.408 e. The van der Waals surface area contributed by atoms with Gasteiger partial charge in [-0.3, -0.25) is 15.1 Å². The van der Waals surface area contributed by atoms with Crippen LogP contribution in [-0.2, 0) is 0 Å². The predicted molar refractivity (Wildman–Crippen MR) is 48.2 cm³/mol. The van der Waals surface area contributed by atoms with E-state index in [-0.39, 0.29) is 16.8 Å². The first kappa shape index (κ1) is 8.49. The lowest BCUT2D eigenvalue weighted by atomic mass is 10.2. The molecule has 0 unspecified atom stereocenters. The summed E-state index contributed by atoms with van der Waals surface area (Å²) in [5.74, 6) is -0.686. The summed E-state index contributed by atoms with van der Waals surface area (Å²) in [5, 5.41) is 10.7. The fourth-order valence-corrected chi connectivity index (χ4v) is 1.35. The third-order valence-electron chi connectivity index (χ3n) is 1.95. The second-order valence-electron chi connectivity index (χ2n) is 2.88. The molecule has 6 heteroatoms. The summed E-state index contributed by atoms with van der Waals surface area (Å²) in [5.41, 5.74) is 0.709. The van der Waals surface area contributed by atoms with Crippen LogP contribution in [0.25, 0.3) is 11.1 Å². The normalized spacial score (nSPS) is 10.6. The Morgan fingerprint density at radius 1 is 1.50 bits per heavy atom. The van der Waals surface area contributed by atoms with Gasteiger partial charge in [-0.1, -0.05) is 0 Å². The molecule has 0 bridgehead atoms. The first-order valence-electron chi connectivity index (χ1n) is 3.86. The van der Waals surface area contributed by atoms with Crippen molar-refractivity contribution in [2.75, 3.05) is 0 Å². The average Bonchev–Trinajstić information content (AvgIpc) is 2.43. The molecule has 0 saturated heterocycles. The zero-order valence-electron chi connectivity index (χ0n) is 7.23. The minimum absolute atomic E-state index is 0.117. The lowest BCUT2D eigenvalue weighted by Crippen LogP contribution is -1.96. The number of rotatable bonds is 1. The van der Waals surface area contributed by atoms with Crippen LogP contribution < -0.4 is 5.76 Å². The molecule has 0 aliphatic rings. The van der Waals surface area contributed by atoms with Gasteiger partial charge in [0.15, 0.2) is 11.1 Å². The molecule has 0 radical (unpaired) electrons. The number of hydrogen-bond acceptors (Lipinski definition) is 4. The maximum absolute atomic E-state index is 10.8. The van der Waals surface area contributed by atoms with Crippen molar-refractivity contribution in [1.82, 2.24) is 4.98 Å². The summed E-state index contributed by atoms with van der Waals surface area (Å²) < 4.78 is 4.70. The summed E-state index contributed by atoms with van der Waals surface area (Å²) in [6.45, 7) is 1.60. The highest BCUT2D eigenvalue weighted by Crippen LogP contribution is 2.26. The Morgan fingerprint density at radius 2 is 2.21 bits per heavy atom. The molecule has 0 aliphatic heterocycles. The highest BCUT2D eigenvalue weighted by atomic mass is 16.6. The van der Waals surface area contributed by atoms with Gasteiger partial charge in [0.2, 0.25) is 0 Å². The number of aromatic nitrogens is 1. The van der Waals surface area contributed by atoms with Gasteiger partial charge in [-0.15, -0.1) is 0 Å². The van der Waals surface area contributed by atoms with E-state index in [0.717, 1.165) is 0 Å². The fraction of sp³-hybridized carbons (Fsp3) is 0.125. The number of nitrogens with one attached hydrogen (secondary N) is 1. The Hall–Kier alpha value is -2.11. The van der Waals surface area contributed by atoms with Gasteiger partial charge in [-0.05, 0) is 19.1 Å². The summed E-state index contributed by atoms with van der Waals surface area (Å²) in [7, 11) is 0. The van der Waals surface area contributed by atoms with Gasteiger partial charge in [-0.2, -0.15) is 0 Å². The minimum atomic E-state index is -0.686. The summed E-state index contributed by atoms with van der Waals surface area (Å²) in [4.78, 5) is 23.3. The van der Waals surface area contributed by atoms with Gasteiger partial charge in [0, 0.05) is 5.56 Å². The minimum Gasteiger partial charge on any atom is -0.408 e. The molecule has 14 heavy (non-hydrogen) atoms. The molecule has 1 N–H and O–H groups in total. The summed E-state index contributed by atoms with van der Waals surface area (Å²) in [6, 6.07) is 3.06. The number of benzene rings is 1. The van der Waals surface area contributed by atoms with Crippen molar-refractivity contribution in [3.8, 4) is 0 Å². The van der Waals surface area contributed by atoms with Crippen LogP contribution in [0.5, 0.6) is 0 Å².